The van der Waals surface area contributed by atoms with Crippen LogP contribution in [0, 0.1) is 5.92 Å². The number of morpholine rings is 1. The van der Waals surface area contributed by atoms with Crippen LogP contribution in [-0.2, 0) is 14.8 Å². The second kappa shape index (κ2) is 13.9. The first-order chi connectivity index (χ1) is 21.7. The van der Waals surface area contributed by atoms with Crippen molar-refractivity contribution in [3.63, 3.8) is 0 Å². The van der Waals surface area contributed by atoms with Crippen LogP contribution in [-0.4, -0.2) is 99.2 Å². The first-order valence-electron chi connectivity index (χ1n) is 16.0. The van der Waals surface area contributed by atoms with Gasteiger partial charge in [0.2, 0.25) is 21.9 Å². The number of hydrogen-bond donors (Lipinski definition) is 3. The van der Waals surface area contributed by atoms with Gasteiger partial charge in [0.15, 0.2) is 0 Å². The highest BCUT2D eigenvalue weighted by molar-refractivity contribution is 7.92. The van der Waals surface area contributed by atoms with E-state index in [2.05, 4.69) is 47.0 Å². The maximum absolute atomic E-state index is 11.9. The first kappa shape index (κ1) is 31.5. The number of likely N-dealkylation sites (N-methyl/N-ethyl adjacent to an activating group) is 1. The largest absolute Gasteiger partial charge is 0.474 e. The number of nitrogens with zero attached hydrogens (tertiary/aromatic N) is 6. The van der Waals surface area contributed by atoms with Crippen LogP contribution in [0.25, 0.3) is 10.9 Å². The molecule has 6 rings (SSSR count). The van der Waals surface area contributed by atoms with Gasteiger partial charge in [-0.3, -0.25) is 9.71 Å². The van der Waals surface area contributed by atoms with E-state index in [4.69, 9.17) is 14.5 Å². The Labute approximate surface area is 265 Å². The van der Waals surface area contributed by atoms with Crippen molar-refractivity contribution in [2.75, 3.05) is 72.5 Å². The van der Waals surface area contributed by atoms with Gasteiger partial charge >= 0.3 is 0 Å². The molecule has 3 aliphatic rings. The summed E-state index contributed by atoms with van der Waals surface area (Å²) in [5.41, 5.74) is 2.14. The second-order valence-corrected chi connectivity index (χ2v) is 14.4. The Morgan fingerprint density at radius 2 is 1.64 bits per heavy atom. The van der Waals surface area contributed by atoms with Crippen LogP contribution in [0.1, 0.15) is 45.4 Å². The van der Waals surface area contributed by atoms with Crippen LogP contribution in [0.4, 0.5) is 23.1 Å². The lowest BCUT2D eigenvalue weighted by atomic mass is 9.93. The molecule has 2 aliphatic heterocycles. The van der Waals surface area contributed by atoms with E-state index in [1.807, 2.05) is 25.5 Å². The highest BCUT2D eigenvalue weighted by Gasteiger charge is 2.26. The number of sulfonamides is 1. The first-order valence-corrected chi connectivity index (χ1v) is 17.9. The lowest BCUT2D eigenvalue weighted by Crippen LogP contribution is -2.38. The number of fused-ring (bicyclic) bond motifs is 1. The van der Waals surface area contributed by atoms with Gasteiger partial charge in [-0.05, 0) is 57.6 Å². The van der Waals surface area contributed by atoms with E-state index in [1.165, 1.54) is 19.0 Å². The summed E-state index contributed by atoms with van der Waals surface area (Å²) in [4.78, 5) is 23.3. The number of pyridine rings is 2. The number of aromatic nitrogens is 4. The molecule has 1 aliphatic carbocycles. The number of ether oxygens (including phenoxy) is 2. The van der Waals surface area contributed by atoms with Gasteiger partial charge in [-0.25, -0.2) is 18.4 Å². The van der Waals surface area contributed by atoms with Gasteiger partial charge in [0, 0.05) is 44.3 Å². The van der Waals surface area contributed by atoms with Crippen LogP contribution in [0.15, 0.2) is 30.7 Å². The third kappa shape index (κ3) is 8.22. The van der Waals surface area contributed by atoms with Crippen LogP contribution >= 0.6 is 0 Å². The molecule has 1 saturated carbocycles. The molecule has 3 aromatic rings. The van der Waals surface area contributed by atoms with E-state index in [9.17, 15) is 8.42 Å². The third-order valence-electron chi connectivity index (χ3n) is 8.95. The Hall–Kier alpha value is -3.49. The minimum atomic E-state index is -3.45. The zero-order chi connectivity index (χ0) is 31.4. The molecule has 13 nitrogen and oxygen atoms in total. The summed E-state index contributed by atoms with van der Waals surface area (Å²) in [7, 11) is -1.42. The monoisotopic (exact) mass is 639 g/mol. The molecule has 14 heteroatoms. The zero-order valence-electron chi connectivity index (χ0n) is 26.4. The molecule has 2 atom stereocenters. The van der Waals surface area contributed by atoms with Crippen molar-refractivity contribution in [2.24, 2.45) is 5.92 Å². The fourth-order valence-corrected chi connectivity index (χ4v) is 6.99. The Bertz CT molecular complexity index is 1540. The summed E-state index contributed by atoms with van der Waals surface area (Å²) in [5, 5.41) is 7.65. The maximum atomic E-state index is 11.9. The normalized spacial score (nSPS) is 24.7. The van der Waals surface area contributed by atoms with Crippen molar-refractivity contribution in [1.29, 1.82) is 0 Å². The van der Waals surface area contributed by atoms with E-state index < -0.39 is 10.0 Å². The van der Waals surface area contributed by atoms with Crippen LogP contribution < -0.4 is 29.9 Å². The predicted molar refractivity (Wildman–Crippen MR) is 177 cm³/mol. The minimum absolute atomic E-state index is 0.0290. The zero-order valence-corrected chi connectivity index (χ0v) is 27.2. The van der Waals surface area contributed by atoms with Crippen molar-refractivity contribution in [3.05, 3.63) is 30.7 Å². The summed E-state index contributed by atoms with van der Waals surface area (Å²) < 4.78 is 38.3. The minimum Gasteiger partial charge on any atom is -0.474 e. The molecular formula is C31H45N9O4S. The molecule has 0 amide bonds. The molecule has 0 bridgehead atoms. The van der Waals surface area contributed by atoms with Crippen LogP contribution in [0.2, 0.25) is 0 Å². The van der Waals surface area contributed by atoms with Crippen molar-refractivity contribution in [3.8, 4) is 5.88 Å². The smallest absolute Gasteiger partial charge is 0.229 e. The van der Waals surface area contributed by atoms with E-state index in [-0.39, 0.29) is 12.1 Å². The fraction of sp³-hybridized carbons (Fsp3) is 0.613. The van der Waals surface area contributed by atoms with Gasteiger partial charge in [0.05, 0.1) is 60.3 Å². The Morgan fingerprint density at radius 3 is 2.36 bits per heavy atom. The Balaban J connectivity index is 1.11. The number of hydrogen-bond acceptors (Lipinski definition) is 12. The Morgan fingerprint density at radius 1 is 0.911 bits per heavy atom. The quantitative estimate of drug-likeness (QED) is 0.316. The van der Waals surface area contributed by atoms with E-state index >= 15 is 0 Å². The molecule has 5 heterocycles. The number of rotatable bonds is 9. The molecule has 2 saturated heterocycles. The van der Waals surface area contributed by atoms with Crippen molar-refractivity contribution >= 4 is 44.1 Å². The van der Waals surface area contributed by atoms with Gasteiger partial charge in [0.1, 0.15) is 11.9 Å². The van der Waals surface area contributed by atoms with Crippen molar-refractivity contribution in [1.82, 2.24) is 25.3 Å². The van der Waals surface area contributed by atoms with Gasteiger partial charge in [0.25, 0.3) is 0 Å². The van der Waals surface area contributed by atoms with Gasteiger partial charge < -0.3 is 29.9 Å². The molecule has 45 heavy (non-hydrogen) atoms. The van der Waals surface area contributed by atoms with Gasteiger partial charge in [-0.2, -0.15) is 4.98 Å². The summed E-state index contributed by atoms with van der Waals surface area (Å²) >= 11 is 0. The van der Waals surface area contributed by atoms with E-state index in [0.29, 0.717) is 53.6 Å². The second-order valence-electron chi connectivity index (χ2n) is 12.6. The molecule has 0 radical (unpaired) electrons. The lowest BCUT2D eigenvalue weighted by Gasteiger charge is -2.31. The summed E-state index contributed by atoms with van der Waals surface area (Å²) in [5.74, 6) is 2.54. The standard InChI is InChI=1S/C31H45N9O4S/c1-21-4-5-23(32-2)20-40(19-21)25-17-34-31(35-18-25)36-22-6-8-26(9-7-22)44-30-27-14-24(38-45(3,41)42)16-33-28(27)15-29(37-30)39-10-12-43-13-11-39/h14-18,21-23,26,32,38H,4-13,19-20H2,1-3H3,(H,34,35,36)/t21?,22-,23?,26+. The molecular weight excluding hydrogens is 594 g/mol. The molecule has 2 unspecified atom stereocenters. The highest BCUT2D eigenvalue weighted by Crippen LogP contribution is 2.33. The average molecular weight is 640 g/mol. The summed E-state index contributed by atoms with van der Waals surface area (Å²) in [6, 6.07) is 4.40. The molecule has 0 aromatic carbocycles. The number of nitrogens with one attached hydrogen (secondary N) is 3. The highest BCUT2D eigenvalue weighted by atomic mass is 32.2. The molecule has 244 valence electrons. The molecule has 3 fully saturated rings. The fourth-order valence-electron chi connectivity index (χ4n) is 6.45. The summed E-state index contributed by atoms with van der Waals surface area (Å²) in [6.07, 6.45) is 12.4. The molecule has 3 N–H and O–H groups in total. The lowest BCUT2D eigenvalue weighted by molar-refractivity contribution is 0.122. The molecule has 0 spiro atoms. The SMILES string of the molecule is CNC1CCC(C)CN(c2cnc(N[C@H]3CC[C@@H](Oc4nc(N5CCOCC5)cc5ncc(NS(C)(=O)=O)cc45)CC3)nc2)C1. The van der Waals surface area contributed by atoms with E-state index in [0.717, 1.165) is 69.6 Å². The van der Waals surface area contributed by atoms with Crippen molar-refractivity contribution in [2.45, 2.75) is 63.6 Å². The third-order valence-corrected chi connectivity index (χ3v) is 9.55. The topological polar surface area (TPSA) is 147 Å². The number of anilines is 4. The maximum Gasteiger partial charge on any atom is 0.229 e. The summed E-state index contributed by atoms with van der Waals surface area (Å²) in [6.45, 7) is 7.04. The molecule has 3 aromatic heterocycles. The predicted octanol–water partition coefficient (Wildman–Crippen LogP) is 3.25. The van der Waals surface area contributed by atoms with Gasteiger partial charge in [-0.1, -0.05) is 6.92 Å². The van der Waals surface area contributed by atoms with Crippen LogP contribution in [0.3, 0.4) is 0 Å². The van der Waals surface area contributed by atoms with Crippen LogP contribution in [0.5, 0.6) is 5.88 Å². The van der Waals surface area contributed by atoms with Crippen molar-refractivity contribution < 1.29 is 17.9 Å². The van der Waals surface area contributed by atoms with Gasteiger partial charge in [-0.15, -0.1) is 0 Å². The Kier molecular flexibility index (Phi) is 9.71. The van der Waals surface area contributed by atoms with E-state index in [1.54, 1.807) is 6.07 Å². The average Bonchev–Trinajstić information content (AvgIpc) is 3.23.